The van der Waals surface area contributed by atoms with E-state index >= 15 is 0 Å². The van der Waals surface area contributed by atoms with Crippen molar-refractivity contribution in [3.8, 4) is 0 Å². The van der Waals surface area contributed by atoms with Gasteiger partial charge < -0.3 is 19.6 Å². The molecule has 0 unspecified atom stereocenters. The molecule has 2 heterocycles. The van der Waals surface area contributed by atoms with Crippen LogP contribution < -0.4 is 5.32 Å². The molecule has 0 aliphatic carbocycles. The fourth-order valence-corrected chi connectivity index (χ4v) is 3.20. The summed E-state index contributed by atoms with van der Waals surface area (Å²) in [6, 6.07) is 2.52. The maximum absolute atomic E-state index is 13.9. The van der Waals surface area contributed by atoms with Crippen molar-refractivity contribution in [3.05, 3.63) is 41.5 Å². The van der Waals surface area contributed by atoms with Crippen LogP contribution in [0.15, 0.2) is 22.7 Å². The minimum absolute atomic E-state index is 0.00539. The van der Waals surface area contributed by atoms with Gasteiger partial charge in [0.25, 0.3) is 0 Å². The van der Waals surface area contributed by atoms with Crippen molar-refractivity contribution in [1.82, 2.24) is 19.9 Å². The highest BCUT2D eigenvalue weighted by atomic mass is 19.1. The van der Waals surface area contributed by atoms with Crippen molar-refractivity contribution >= 4 is 11.7 Å². The second-order valence-corrected chi connectivity index (χ2v) is 6.76. The minimum atomic E-state index is -0.679. The average Bonchev–Trinajstić information content (AvgIpc) is 3.05. The van der Waals surface area contributed by atoms with Gasteiger partial charge in [-0.15, -0.1) is 0 Å². The van der Waals surface area contributed by atoms with E-state index in [0.29, 0.717) is 24.7 Å². The van der Waals surface area contributed by atoms with Gasteiger partial charge in [-0.3, -0.25) is 0 Å². The Kier molecular flexibility index (Phi) is 6.00. The fraction of sp³-hybridized carbons (Fsp3) is 0.500. The number of nitrogens with zero attached hydrogens (tertiary/aromatic N) is 4. The predicted molar refractivity (Wildman–Crippen MR) is 95.3 cm³/mol. The molecule has 1 N–H and O–H groups in total. The van der Waals surface area contributed by atoms with Crippen molar-refractivity contribution in [2.75, 3.05) is 32.0 Å². The van der Waals surface area contributed by atoms with E-state index in [4.69, 9.17) is 4.52 Å². The summed E-state index contributed by atoms with van der Waals surface area (Å²) < 4.78 is 32.3. The summed E-state index contributed by atoms with van der Waals surface area (Å²) in [5, 5.41) is 6.35. The molecule has 7 nitrogen and oxygen atoms in total. The van der Waals surface area contributed by atoms with Gasteiger partial charge in [-0.25, -0.2) is 13.6 Å². The molecule has 9 heteroatoms. The van der Waals surface area contributed by atoms with Crippen LogP contribution >= 0.6 is 0 Å². The summed E-state index contributed by atoms with van der Waals surface area (Å²) in [6.45, 7) is 3.79. The van der Waals surface area contributed by atoms with E-state index in [1.54, 1.807) is 11.8 Å². The van der Waals surface area contributed by atoms with Crippen LogP contribution in [-0.4, -0.2) is 58.7 Å². The zero-order valence-electron chi connectivity index (χ0n) is 15.4. The van der Waals surface area contributed by atoms with Gasteiger partial charge in [0, 0.05) is 32.0 Å². The topological polar surface area (TPSA) is 74.5 Å². The molecule has 0 spiro atoms. The van der Waals surface area contributed by atoms with Gasteiger partial charge in [0.05, 0.1) is 5.69 Å². The normalized spacial score (nSPS) is 15.7. The number of carbonyl (C=O) groups excluding carboxylic acids is 1. The Bertz CT molecular complexity index is 790. The maximum Gasteiger partial charge on any atom is 0.322 e. The Hall–Kier alpha value is -2.55. The lowest BCUT2D eigenvalue weighted by atomic mass is 10.0. The second kappa shape index (κ2) is 8.43. The third kappa shape index (κ3) is 5.00. The number of halogens is 2. The minimum Gasteiger partial charge on any atom is -0.340 e. The molecule has 3 rings (SSSR count). The van der Waals surface area contributed by atoms with Crippen molar-refractivity contribution in [2.45, 2.75) is 32.2 Å². The summed E-state index contributed by atoms with van der Waals surface area (Å²) in [5.41, 5.74) is -0.173. The fourth-order valence-electron chi connectivity index (χ4n) is 3.20. The van der Waals surface area contributed by atoms with Crippen LogP contribution in [0.1, 0.15) is 24.6 Å². The Morgan fingerprint density at radius 3 is 2.78 bits per heavy atom. The molecular formula is C18H23F2N5O2. The van der Waals surface area contributed by atoms with E-state index in [2.05, 4.69) is 20.4 Å². The van der Waals surface area contributed by atoms with Crippen LogP contribution in [-0.2, 0) is 6.42 Å². The zero-order chi connectivity index (χ0) is 19.4. The first-order chi connectivity index (χ1) is 12.9. The number of aryl methyl sites for hydroxylation is 1. The van der Waals surface area contributed by atoms with E-state index in [0.717, 1.165) is 44.1 Å². The molecule has 1 aliphatic heterocycles. The van der Waals surface area contributed by atoms with Gasteiger partial charge in [-0.1, -0.05) is 5.16 Å². The molecule has 1 aromatic heterocycles. The van der Waals surface area contributed by atoms with Gasteiger partial charge in [-0.05, 0) is 45.1 Å². The van der Waals surface area contributed by atoms with Crippen LogP contribution in [0.5, 0.6) is 0 Å². The molecule has 0 atom stereocenters. The number of nitrogens with one attached hydrogen (secondary N) is 1. The number of urea groups is 1. The molecule has 0 bridgehead atoms. The van der Waals surface area contributed by atoms with E-state index in [1.807, 2.05) is 7.05 Å². The lowest BCUT2D eigenvalue weighted by Crippen LogP contribution is -2.49. The van der Waals surface area contributed by atoms with E-state index in [-0.39, 0.29) is 11.7 Å². The molecule has 1 aliphatic rings. The number of carbonyl (C=O) groups is 1. The highest BCUT2D eigenvalue weighted by Crippen LogP contribution is 2.20. The summed E-state index contributed by atoms with van der Waals surface area (Å²) in [5.74, 6) is -0.320. The number of benzene rings is 1. The van der Waals surface area contributed by atoms with E-state index in [9.17, 15) is 13.6 Å². The molecule has 27 heavy (non-hydrogen) atoms. The largest absolute Gasteiger partial charge is 0.340 e. The second-order valence-electron chi connectivity index (χ2n) is 6.76. The third-order valence-electron chi connectivity index (χ3n) is 4.71. The molecule has 146 valence electrons. The lowest BCUT2D eigenvalue weighted by Gasteiger charge is -2.37. The number of hydrogen-bond donors (Lipinski definition) is 1. The highest BCUT2D eigenvalue weighted by molar-refractivity contribution is 5.89. The molecule has 1 aromatic carbocycles. The van der Waals surface area contributed by atoms with Gasteiger partial charge in [0.2, 0.25) is 5.89 Å². The molecule has 2 aromatic rings. The number of likely N-dealkylation sites (tertiary alicyclic amines) is 1. The predicted octanol–water partition coefficient (Wildman–Crippen LogP) is 2.83. The number of hydrogen-bond acceptors (Lipinski definition) is 5. The average molecular weight is 379 g/mol. The van der Waals surface area contributed by atoms with Crippen molar-refractivity contribution < 1.29 is 18.1 Å². The molecule has 2 amide bonds. The molecule has 0 saturated carbocycles. The first-order valence-electron chi connectivity index (χ1n) is 8.93. The Morgan fingerprint density at radius 2 is 2.11 bits per heavy atom. The number of piperidine rings is 1. The summed E-state index contributed by atoms with van der Waals surface area (Å²) in [7, 11) is 2.03. The quantitative estimate of drug-likeness (QED) is 0.865. The SMILES string of the molecule is Cc1nc(CCN(C(=O)Nc2cc(F)ccc2F)C2CCN(C)CC2)no1. The van der Waals surface area contributed by atoms with Gasteiger partial charge >= 0.3 is 6.03 Å². The number of anilines is 1. The maximum atomic E-state index is 13.9. The standard InChI is InChI=1S/C18H23F2N5O2/c1-12-21-17(23-27-12)7-10-25(14-5-8-24(2)9-6-14)18(26)22-16-11-13(19)3-4-15(16)20/h3-4,11,14H,5-10H2,1-2H3,(H,22,26). The molecule has 0 radical (unpaired) electrons. The summed E-state index contributed by atoms with van der Waals surface area (Å²) >= 11 is 0. The monoisotopic (exact) mass is 379 g/mol. The van der Waals surface area contributed by atoms with Crippen molar-refractivity contribution in [3.63, 3.8) is 0 Å². The Balaban J connectivity index is 1.73. The first-order valence-corrected chi connectivity index (χ1v) is 8.93. The van der Waals surface area contributed by atoms with Crippen LogP contribution in [0.2, 0.25) is 0 Å². The lowest BCUT2D eigenvalue weighted by molar-refractivity contribution is 0.140. The first kappa shape index (κ1) is 19.2. The van der Waals surface area contributed by atoms with E-state index < -0.39 is 17.7 Å². The van der Waals surface area contributed by atoms with Crippen LogP contribution in [0.3, 0.4) is 0 Å². The molecule has 1 fully saturated rings. The van der Waals surface area contributed by atoms with Gasteiger partial charge in [0.1, 0.15) is 11.6 Å². The summed E-state index contributed by atoms with van der Waals surface area (Å²) in [6.07, 6.45) is 2.03. The Labute approximate surface area is 156 Å². The smallest absolute Gasteiger partial charge is 0.322 e. The van der Waals surface area contributed by atoms with Crippen LogP contribution in [0, 0.1) is 18.6 Å². The van der Waals surface area contributed by atoms with Gasteiger partial charge in [-0.2, -0.15) is 4.98 Å². The van der Waals surface area contributed by atoms with Crippen molar-refractivity contribution in [2.24, 2.45) is 0 Å². The number of amides is 2. The van der Waals surface area contributed by atoms with Crippen LogP contribution in [0.4, 0.5) is 19.3 Å². The highest BCUT2D eigenvalue weighted by Gasteiger charge is 2.27. The van der Waals surface area contributed by atoms with Crippen LogP contribution in [0.25, 0.3) is 0 Å². The Morgan fingerprint density at radius 1 is 1.37 bits per heavy atom. The zero-order valence-corrected chi connectivity index (χ0v) is 15.4. The van der Waals surface area contributed by atoms with Gasteiger partial charge in [0.15, 0.2) is 5.82 Å². The molecular weight excluding hydrogens is 356 g/mol. The number of aromatic nitrogens is 2. The number of rotatable bonds is 5. The summed E-state index contributed by atoms with van der Waals surface area (Å²) in [4.78, 5) is 20.8. The van der Waals surface area contributed by atoms with Crippen molar-refractivity contribution in [1.29, 1.82) is 0 Å². The molecule has 1 saturated heterocycles. The van der Waals surface area contributed by atoms with E-state index in [1.165, 1.54) is 0 Å². The third-order valence-corrected chi connectivity index (χ3v) is 4.71.